The highest BCUT2D eigenvalue weighted by molar-refractivity contribution is 7.71. The third-order valence-electron chi connectivity index (χ3n) is 2.77. The molecule has 19 heavy (non-hydrogen) atoms. The summed E-state index contributed by atoms with van der Waals surface area (Å²) in [5.74, 6) is -0.550. The summed E-state index contributed by atoms with van der Waals surface area (Å²) in [5, 5.41) is 8.87. The van der Waals surface area contributed by atoms with Crippen molar-refractivity contribution in [1.82, 2.24) is 14.5 Å². The number of hydrogen-bond donors (Lipinski definition) is 1. The van der Waals surface area contributed by atoms with Gasteiger partial charge >= 0.3 is 0 Å². The van der Waals surface area contributed by atoms with E-state index >= 15 is 0 Å². The van der Waals surface area contributed by atoms with Crippen LogP contribution in [0.4, 0.5) is 4.39 Å². The fourth-order valence-electron chi connectivity index (χ4n) is 1.92. The van der Waals surface area contributed by atoms with E-state index in [0.717, 1.165) is 5.52 Å². The highest BCUT2D eigenvalue weighted by Crippen LogP contribution is 2.19. The molecule has 2 heterocycles. The molecule has 6 heteroatoms. The molecule has 0 unspecified atom stereocenters. The molecule has 0 radical (unpaired) electrons. The van der Waals surface area contributed by atoms with E-state index in [4.69, 9.17) is 17.5 Å². The van der Waals surface area contributed by atoms with E-state index in [1.165, 1.54) is 12.1 Å². The molecule has 92 valence electrons. The maximum atomic E-state index is 13.3. The van der Waals surface area contributed by atoms with Gasteiger partial charge in [0.1, 0.15) is 11.9 Å². The van der Waals surface area contributed by atoms with E-state index in [9.17, 15) is 4.39 Å². The van der Waals surface area contributed by atoms with Crippen LogP contribution in [0.2, 0.25) is 0 Å². The van der Waals surface area contributed by atoms with Crippen LogP contribution < -0.4 is 0 Å². The first-order valence-electron chi connectivity index (χ1n) is 5.46. The Bertz CT molecular complexity index is 872. The van der Waals surface area contributed by atoms with Crippen LogP contribution in [0.3, 0.4) is 0 Å². The minimum absolute atomic E-state index is 0.0234. The average Bonchev–Trinajstić information content (AvgIpc) is 2.75. The molecule has 0 spiro atoms. The van der Waals surface area contributed by atoms with E-state index in [0.29, 0.717) is 16.1 Å². The number of aromatic amines is 1. The lowest BCUT2D eigenvalue weighted by molar-refractivity contribution is 0.623. The second kappa shape index (κ2) is 4.30. The van der Waals surface area contributed by atoms with Crippen molar-refractivity contribution < 1.29 is 4.39 Å². The zero-order chi connectivity index (χ0) is 13.4. The number of rotatable bonds is 1. The Morgan fingerprint density at radius 3 is 3.00 bits per heavy atom. The van der Waals surface area contributed by atoms with Gasteiger partial charge in [-0.15, -0.1) is 0 Å². The first kappa shape index (κ1) is 11.6. The number of imidazole rings is 1. The fourth-order valence-corrected chi connectivity index (χ4v) is 2.22. The molecule has 3 rings (SSSR count). The zero-order valence-corrected chi connectivity index (χ0v) is 10.4. The molecule has 1 N–H and O–H groups in total. The maximum Gasteiger partial charge on any atom is 0.183 e. The van der Waals surface area contributed by atoms with Gasteiger partial charge < -0.3 is 4.98 Å². The minimum atomic E-state index is -0.550. The smallest absolute Gasteiger partial charge is 0.183 e. The number of nitriles is 1. The van der Waals surface area contributed by atoms with Crippen molar-refractivity contribution in [2.75, 3.05) is 0 Å². The monoisotopic (exact) mass is 270 g/mol. The lowest BCUT2D eigenvalue weighted by atomic mass is 10.2. The normalized spacial score (nSPS) is 10.5. The van der Waals surface area contributed by atoms with Gasteiger partial charge in [-0.3, -0.25) is 4.57 Å². The quantitative estimate of drug-likeness (QED) is 0.691. The molecule has 0 aliphatic carbocycles. The second-order valence-electron chi connectivity index (χ2n) is 3.92. The molecular formula is C13H7FN4S. The summed E-state index contributed by atoms with van der Waals surface area (Å²) in [6.07, 6.45) is 1.65. The summed E-state index contributed by atoms with van der Waals surface area (Å²) in [6.45, 7) is 0. The number of benzene rings is 1. The number of nitrogens with zero attached hydrogens (tertiary/aromatic N) is 3. The Hall–Kier alpha value is -2.52. The zero-order valence-electron chi connectivity index (χ0n) is 9.59. The van der Waals surface area contributed by atoms with E-state index in [2.05, 4.69) is 9.97 Å². The lowest BCUT2D eigenvalue weighted by Crippen LogP contribution is -1.97. The molecule has 3 aromatic rings. The summed E-state index contributed by atoms with van der Waals surface area (Å²) in [6, 6.07) is 9.72. The summed E-state index contributed by atoms with van der Waals surface area (Å²) in [5.41, 5.74) is 2.01. The van der Waals surface area contributed by atoms with Crippen LogP contribution in [0.5, 0.6) is 0 Å². The van der Waals surface area contributed by atoms with Gasteiger partial charge in [-0.2, -0.15) is 5.26 Å². The maximum absolute atomic E-state index is 13.3. The molecule has 0 fully saturated rings. The molecule has 1 aromatic carbocycles. The van der Waals surface area contributed by atoms with Crippen molar-refractivity contribution in [3.05, 3.63) is 52.7 Å². The highest BCUT2D eigenvalue weighted by Gasteiger charge is 2.09. The number of nitrogens with one attached hydrogen (secondary N) is 1. The Labute approximate surface area is 112 Å². The molecule has 0 aliphatic rings. The highest BCUT2D eigenvalue weighted by atomic mass is 32.1. The number of halogens is 1. The Morgan fingerprint density at radius 2 is 2.21 bits per heavy atom. The number of H-pyrrole nitrogens is 1. The van der Waals surface area contributed by atoms with Gasteiger partial charge in [0.15, 0.2) is 10.4 Å². The summed E-state index contributed by atoms with van der Waals surface area (Å²) < 4.78 is 15.5. The Kier molecular flexibility index (Phi) is 2.62. The SMILES string of the molecule is N#Cc1cc(-n2c(=S)[nH]c3cccnc32)ccc1F. The van der Waals surface area contributed by atoms with Gasteiger partial charge in [-0.1, -0.05) is 0 Å². The Morgan fingerprint density at radius 1 is 1.37 bits per heavy atom. The first-order valence-corrected chi connectivity index (χ1v) is 5.87. The molecule has 0 saturated heterocycles. The van der Waals surface area contributed by atoms with Gasteiger partial charge in [0.2, 0.25) is 0 Å². The molecule has 0 aliphatic heterocycles. The van der Waals surface area contributed by atoms with Crippen LogP contribution in [0.15, 0.2) is 36.5 Å². The minimum Gasteiger partial charge on any atom is -0.329 e. The topological polar surface area (TPSA) is 57.4 Å². The molecule has 4 nitrogen and oxygen atoms in total. The van der Waals surface area contributed by atoms with Crippen LogP contribution in [-0.2, 0) is 0 Å². The number of pyridine rings is 1. The molecular weight excluding hydrogens is 263 g/mol. The van der Waals surface area contributed by atoms with Crippen LogP contribution in [0.1, 0.15) is 5.56 Å². The number of hydrogen-bond acceptors (Lipinski definition) is 3. The first-order chi connectivity index (χ1) is 9.20. The van der Waals surface area contributed by atoms with E-state index in [-0.39, 0.29) is 5.56 Å². The van der Waals surface area contributed by atoms with Gasteiger partial charge in [-0.05, 0) is 42.5 Å². The van der Waals surface area contributed by atoms with Crippen molar-refractivity contribution in [2.45, 2.75) is 0 Å². The van der Waals surface area contributed by atoms with Gasteiger partial charge in [0, 0.05) is 6.20 Å². The standard InChI is InChI=1S/C13H7FN4S/c14-10-4-3-9(6-8(10)7-15)18-12-11(17-13(18)19)2-1-5-16-12/h1-6H,(H,17,19). The van der Waals surface area contributed by atoms with Crippen LogP contribution >= 0.6 is 12.2 Å². The van der Waals surface area contributed by atoms with Crippen LogP contribution in [0.25, 0.3) is 16.9 Å². The van der Waals surface area contributed by atoms with Crippen molar-refractivity contribution in [2.24, 2.45) is 0 Å². The van der Waals surface area contributed by atoms with Gasteiger partial charge in [0.05, 0.1) is 16.8 Å². The average molecular weight is 270 g/mol. The summed E-state index contributed by atoms with van der Waals surface area (Å²) in [4.78, 5) is 7.26. The predicted molar refractivity (Wildman–Crippen MR) is 70.9 cm³/mol. The van der Waals surface area contributed by atoms with Gasteiger partial charge in [0.25, 0.3) is 0 Å². The molecule has 0 bridgehead atoms. The predicted octanol–water partition coefficient (Wildman–Crippen LogP) is 3.09. The summed E-state index contributed by atoms with van der Waals surface area (Å²) >= 11 is 5.24. The van der Waals surface area contributed by atoms with Crippen molar-refractivity contribution in [1.29, 1.82) is 5.26 Å². The number of fused-ring (bicyclic) bond motifs is 1. The molecule has 0 saturated carbocycles. The third-order valence-corrected chi connectivity index (χ3v) is 3.06. The van der Waals surface area contributed by atoms with Crippen molar-refractivity contribution in [3.8, 4) is 11.8 Å². The third kappa shape index (κ3) is 1.80. The summed E-state index contributed by atoms with van der Waals surface area (Å²) in [7, 11) is 0. The van der Waals surface area contributed by atoms with Crippen molar-refractivity contribution in [3.63, 3.8) is 0 Å². The van der Waals surface area contributed by atoms with Crippen LogP contribution in [0, 0.1) is 21.9 Å². The van der Waals surface area contributed by atoms with E-state index < -0.39 is 5.82 Å². The van der Waals surface area contributed by atoms with E-state index in [1.54, 1.807) is 22.9 Å². The van der Waals surface area contributed by atoms with Crippen LogP contribution in [-0.4, -0.2) is 14.5 Å². The molecule has 2 aromatic heterocycles. The van der Waals surface area contributed by atoms with Gasteiger partial charge in [-0.25, -0.2) is 9.37 Å². The second-order valence-corrected chi connectivity index (χ2v) is 4.30. The number of aromatic nitrogens is 3. The molecule has 0 amide bonds. The molecule has 0 atom stereocenters. The Balaban J connectivity index is 2.34. The largest absolute Gasteiger partial charge is 0.329 e. The van der Waals surface area contributed by atoms with Crippen molar-refractivity contribution >= 4 is 23.4 Å². The fraction of sp³-hybridized carbons (Fsp3) is 0. The lowest BCUT2D eigenvalue weighted by Gasteiger charge is -2.04. The van der Waals surface area contributed by atoms with E-state index in [1.807, 2.05) is 12.1 Å².